The van der Waals surface area contributed by atoms with Crippen LogP contribution in [0.2, 0.25) is 19.6 Å². The Bertz CT molecular complexity index is 571. The van der Waals surface area contributed by atoms with Gasteiger partial charge in [-0.1, -0.05) is 33.1 Å². The minimum absolute atomic E-state index is 0. The maximum Gasteiger partial charge on any atom is 4.00 e. The van der Waals surface area contributed by atoms with Gasteiger partial charge in [0.05, 0.1) is 6.61 Å². The third-order valence-electron chi connectivity index (χ3n) is 4.04. The number of rotatable bonds is 4. The van der Waals surface area contributed by atoms with Crippen molar-refractivity contribution in [2.45, 2.75) is 67.6 Å². The van der Waals surface area contributed by atoms with Crippen LogP contribution in [0.1, 0.15) is 48.0 Å². The Morgan fingerprint density at radius 2 is 1.65 bits per heavy atom. The van der Waals surface area contributed by atoms with Crippen molar-refractivity contribution in [3.05, 3.63) is 46.5 Å². The van der Waals surface area contributed by atoms with Crippen molar-refractivity contribution >= 4 is 8.32 Å². The summed E-state index contributed by atoms with van der Waals surface area (Å²) in [4.78, 5) is 0. The number of hydrogen-bond donors (Lipinski definition) is 0. The van der Waals surface area contributed by atoms with Gasteiger partial charge in [-0.15, -0.1) is 19.4 Å². The van der Waals surface area contributed by atoms with Crippen LogP contribution in [-0.2, 0) is 35.4 Å². The number of allylic oxidation sites excluding steroid dienone is 6. The second-order valence-electron chi connectivity index (χ2n) is 7.55. The minimum Gasteiger partial charge on any atom is -1.00 e. The fourth-order valence-corrected chi connectivity index (χ4v) is 3.34. The summed E-state index contributed by atoms with van der Waals surface area (Å²) in [5.74, 6) is 1.69. The summed E-state index contributed by atoms with van der Waals surface area (Å²) in [6.45, 7) is 20.1. The largest absolute Gasteiger partial charge is 4.00 e. The van der Waals surface area contributed by atoms with Crippen molar-refractivity contribution in [1.82, 2.24) is 0 Å². The monoisotopic (exact) mass is 492 g/mol. The zero-order valence-electron chi connectivity index (χ0n) is 17.6. The van der Waals surface area contributed by atoms with Gasteiger partial charge in [-0.25, -0.2) is 11.6 Å². The second-order valence-corrected chi connectivity index (χ2v) is 12.0. The molecule has 0 fully saturated rings. The van der Waals surface area contributed by atoms with Gasteiger partial charge in [0.2, 0.25) is 8.32 Å². The van der Waals surface area contributed by atoms with Gasteiger partial charge in [-0.2, -0.15) is 11.1 Å². The van der Waals surface area contributed by atoms with Gasteiger partial charge >= 0.3 is 26.2 Å². The molecule has 0 heterocycles. The van der Waals surface area contributed by atoms with E-state index >= 15 is 0 Å². The summed E-state index contributed by atoms with van der Waals surface area (Å²) >= 11 is 0. The molecule has 2 aliphatic carbocycles. The number of halogens is 2. The molecule has 0 aliphatic heterocycles. The van der Waals surface area contributed by atoms with Crippen LogP contribution in [-0.4, -0.2) is 14.9 Å². The first kappa shape index (κ1) is 31.0. The fourth-order valence-electron chi connectivity index (χ4n) is 2.51. The fraction of sp³-hybridized carbons (Fsp3) is 0.600. The third kappa shape index (κ3) is 9.44. The molecule has 0 aromatic carbocycles. The van der Waals surface area contributed by atoms with E-state index in [2.05, 4.69) is 66.4 Å². The predicted molar refractivity (Wildman–Crippen MR) is 100 cm³/mol. The molecule has 146 valence electrons. The van der Waals surface area contributed by atoms with Crippen molar-refractivity contribution in [3.8, 4) is 0 Å². The van der Waals surface area contributed by atoms with E-state index in [9.17, 15) is 0 Å². The van der Waals surface area contributed by atoms with Gasteiger partial charge in [0.15, 0.2) is 0 Å². The normalized spacial score (nSPS) is 17.3. The summed E-state index contributed by atoms with van der Waals surface area (Å²) in [6.07, 6.45) is 9.41. The van der Waals surface area contributed by atoms with Crippen LogP contribution in [0.25, 0.3) is 0 Å². The summed E-state index contributed by atoms with van der Waals surface area (Å²) in [6, 6.07) is 0. The molecule has 0 unspecified atom stereocenters. The van der Waals surface area contributed by atoms with Crippen molar-refractivity contribution in [2.24, 2.45) is 5.41 Å². The van der Waals surface area contributed by atoms with E-state index in [-0.39, 0.29) is 56.4 Å². The molecule has 2 nitrogen and oxygen atoms in total. The Morgan fingerprint density at radius 1 is 1.12 bits per heavy atom. The molecule has 0 aromatic heterocycles. The summed E-state index contributed by atoms with van der Waals surface area (Å²) in [5.41, 5.74) is 4.39. The molecule has 0 bridgehead atoms. The first-order valence-electron chi connectivity index (χ1n) is 8.41. The molecule has 0 amide bonds. The van der Waals surface area contributed by atoms with E-state index in [0.717, 1.165) is 17.9 Å². The average molecular weight is 495 g/mol. The molecular weight excluding hydrogens is 462 g/mol. The maximum atomic E-state index is 5.84. The van der Waals surface area contributed by atoms with Crippen molar-refractivity contribution in [1.29, 1.82) is 0 Å². The van der Waals surface area contributed by atoms with E-state index in [4.69, 9.17) is 9.16 Å². The molecule has 2 rings (SSSR count). The van der Waals surface area contributed by atoms with Gasteiger partial charge in [0.1, 0.15) is 0 Å². The number of ether oxygens (including phenoxy) is 1. The Labute approximate surface area is 193 Å². The van der Waals surface area contributed by atoms with Crippen LogP contribution >= 0.6 is 0 Å². The van der Waals surface area contributed by atoms with Crippen LogP contribution in [0.4, 0.5) is 0 Å². The first-order chi connectivity index (χ1) is 10.5. The Balaban J connectivity index is -0.000000374. The molecule has 0 N–H and O–H groups in total. The minimum atomic E-state index is -1.50. The van der Waals surface area contributed by atoms with Crippen LogP contribution in [0, 0.1) is 17.6 Å². The molecule has 0 aromatic rings. The first-order valence-corrected chi connectivity index (χ1v) is 11.8. The van der Waals surface area contributed by atoms with Crippen molar-refractivity contribution < 1.29 is 60.2 Å². The van der Waals surface area contributed by atoms with E-state index in [1.165, 1.54) is 16.7 Å². The van der Waals surface area contributed by atoms with Gasteiger partial charge < -0.3 is 34.0 Å². The molecule has 0 spiro atoms. The molecule has 0 saturated heterocycles. The molecule has 26 heavy (non-hydrogen) atoms. The summed E-state index contributed by atoms with van der Waals surface area (Å²) < 4.78 is 11.2. The smallest absolute Gasteiger partial charge is 1.00 e. The van der Waals surface area contributed by atoms with E-state index in [1.807, 2.05) is 13.0 Å². The van der Waals surface area contributed by atoms with Gasteiger partial charge in [0.25, 0.3) is 0 Å². The Kier molecular flexibility index (Phi) is 15.1. The average Bonchev–Trinajstić information content (AvgIpc) is 2.89. The van der Waals surface area contributed by atoms with Gasteiger partial charge in [-0.05, 0) is 38.1 Å². The third-order valence-corrected chi connectivity index (χ3v) is 4.87. The van der Waals surface area contributed by atoms with E-state index in [0.29, 0.717) is 6.61 Å². The van der Waals surface area contributed by atoms with Gasteiger partial charge in [-0.3, -0.25) is 6.08 Å². The van der Waals surface area contributed by atoms with Crippen LogP contribution in [0.3, 0.4) is 0 Å². The summed E-state index contributed by atoms with van der Waals surface area (Å²) in [5, 5.41) is 0. The van der Waals surface area contributed by atoms with Crippen LogP contribution in [0.5, 0.6) is 0 Å². The molecule has 0 radical (unpaired) electrons. The van der Waals surface area contributed by atoms with Crippen LogP contribution < -0.4 is 24.8 Å². The molecular formula is C20H32Cl2O2SiZr. The van der Waals surface area contributed by atoms with Crippen LogP contribution in [0.15, 0.2) is 34.3 Å². The topological polar surface area (TPSA) is 18.5 Å². The molecule has 6 heteroatoms. The van der Waals surface area contributed by atoms with Crippen molar-refractivity contribution in [3.63, 3.8) is 0 Å². The van der Waals surface area contributed by atoms with Gasteiger partial charge in [0, 0.05) is 0 Å². The Morgan fingerprint density at radius 3 is 1.96 bits per heavy atom. The quantitative estimate of drug-likeness (QED) is 0.404. The van der Waals surface area contributed by atoms with E-state index < -0.39 is 8.32 Å². The maximum absolute atomic E-state index is 5.84. The molecule has 0 saturated carbocycles. The predicted octanol–water partition coefficient (Wildman–Crippen LogP) is -0.0333. The standard InChI is InChI=1S/C10H17O2Si.C10H15.2ClH.Zr/c1-5-11-9-7-6-8-10(9)12-13(2,3)4;1-7-6-10(4,5)9(3)8(7)2;;;/h8H,5-6H2,1-4H3;1-5H3;2*1H;/q2*-1;;;+4/p-2. The molecule has 0 atom stereocenters. The van der Waals surface area contributed by atoms with E-state index in [1.54, 1.807) is 0 Å². The van der Waals surface area contributed by atoms with Crippen molar-refractivity contribution in [2.75, 3.05) is 6.61 Å². The summed E-state index contributed by atoms with van der Waals surface area (Å²) in [7, 11) is -1.50. The molecule has 2 aliphatic rings. The Hall–Kier alpha value is 0.240. The second kappa shape index (κ2) is 12.6. The zero-order valence-corrected chi connectivity index (χ0v) is 22.5. The zero-order chi connectivity index (χ0) is 17.8. The number of hydrogen-bond acceptors (Lipinski definition) is 2. The SMILES string of the molecule is CC1=[C-]C(C)(C)C(C)=C1C.CCOC1=[C-]CC=C1O[Si](C)(C)C.[Cl-].[Cl-].[Zr+4].